The number of hydrogen-bond acceptors (Lipinski definition) is 3. The number of nitrogens with one attached hydrogen (secondary N) is 1. The highest BCUT2D eigenvalue weighted by Crippen LogP contribution is 2.15. The van der Waals surface area contributed by atoms with E-state index in [9.17, 15) is 9.90 Å². The molecule has 19 heavy (non-hydrogen) atoms. The van der Waals surface area contributed by atoms with Crippen LogP contribution in [0.4, 0.5) is 0 Å². The summed E-state index contributed by atoms with van der Waals surface area (Å²) in [5, 5.41) is 12.3. The normalized spacial score (nSPS) is 17.9. The number of amides is 1. The highest BCUT2D eigenvalue weighted by Gasteiger charge is 2.23. The minimum absolute atomic E-state index is 0.0265. The van der Waals surface area contributed by atoms with E-state index in [-0.39, 0.29) is 24.5 Å². The molecular formula is C15H21NO3. The second-order valence-corrected chi connectivity index (χ2v) is 4.96. The van der Waals surface area contributed by atoms with Crippen molar-refractivity contribution in [2.24, 2.45) is 5.92 Å². The van der Waals surface area contributed by atoms with E-state index in [0.29, 0.717) is 19.6 Å². The molecule has 1 heterocycles. The second kappa shape index (κ2) is 7.26. The largest absolute Gasteiger partial charge is 0.394 e. The molecule has 1 unspecified atom stereocenters. The van der Waals surface area contributed by atoms with Gasteiger partial charge >= 0.3 is 0 Å². The average Bonchev–Trinajstić information content (AvgIpc) is 2.48. The van der Waals surface area contributed by atoms with Crippen LogP contribution in [0.5, 0.6) is 0 Å². The Balaban J connectivity index is 1.86. The van der Waals surface area contributed by atoms with Crippen molar-refractivity contribution in [3.05, 3.63) is 35.9 Å². The molecule has 4 nitrogen and oxygen atoms in total. The Morgan fingerprint density at radius 3 is 2.63 bits per heavy atom. The van der Waals surface area contributed by atoms with Gasteiger partial charge in [0.15, 0.2) is 0 Å². The van der Waals surface area contributed by atoms with Crippen molar-refractivity contribution in [3.8, 4) is 0 Å². The van der Waals surface area contributed by atoms with Gasteiger partial charge in [-0.05, 0) is 24.8 Å². The second-order valence-electron chi connectivity index (χ2n) is 4.96. The molecule has 0 aliphatic carbocycles. The lowest BCUT2D eigenvalue weighted by atomic mass is 9.98. The molecule has 1 saturated heterocycles. The number of carbonyl (C=O) groups is 1. The minimum atomic E-state index is -0.210. The van der Waals surface area contributed by atoms with Crippen molar-refractivity contribution in [2.45, 2.75) is 25.3 Å². The number of carbonyl (C=O) groups excluding carboxylic acids is 1. The smallest absolute Gasteiger partial charge is 0.223 e. The summed E-state index contributed by atoms with van der Waals surface area (Å²) in [5.41, 5.74) is 1.12. The number of aliphatic hydroxyl groups is 1. The van der Waals surface area contributed by atoms with Gasteiger partial charge < -0.3 is 15.2 Å². The summed E-state index contributed by atoms with van der Waals surface area (Å²) in [5.74, 6) is 0.0665. The molecule has 0 radical (unpaired) electrons. The third-order valence-electron chi connectivity index (χ3n) is 3.48. The predicted octanol–water partition coefficient (Wildman–Crippen LogP) is 1.13. The molecule has 1 aromatic rings. The first kappa shape index (κ1) is 14.0. The fourth-order valence-corrected chi connectivity index (χ4v) is 2.34. The Hall–Kier alpha value is -1.39. The molecule has 1 aliphatic heterocycles. The number of benzene rings is 1. The maximum Gasteiger partial charge on any atom is 0.223 e. The van der Waals surface area contributed by atoms with Gasteiger partial charge in [-0.15, -0.1) is 0 Å². The lowest BCUT2D eigenvalue weighted by molar-refractivity contribution is -0.128. The van der Waals surface area contributed by atoms with E-state index in [0.717, 1.165) is 18.4 Å². The zero-order chi connectivity index (χ0) is 13.5. The molecule has 1 fully saturated rings. The van der Waals surface area contributed by atoms with Gasteiger partial charge in [-0.2, -0.15) is 0 Å². The van der Waals surface area contributed by atoms with E-state index >= 15 is 0 Å². The number of hydrogen-bond donors (Lipinski definition) is 2. The highest BCUT2D eigenvalue weighted by atomic mass is 16.5. The number of rotatable bonds is 5. The van der Waals surface area contributed by atoms with Crippen LogP contribution in [0, 0.1) is 5.92 Å². The zero-order valence-electron chi connectivity index (χ0n) is 11.0. The summed E-state index contributed by atoms with van der Waals surface area (Å²) < 4.78 is 5.25. The summed E-state index contributed by atoms with van der Waals surface area (Å²) in [6.45, 7) is 1.27. The van der Waals surface area contributed by atoms with Gasteiger partial charge in [-0.1, -0.05) is 30.3 Å². The van der Waals surface area contributed by atoms with Crippen LogP contribution in [0.15, 0.2) is 30.3 Å². The van der Waals surface area contributed by atoms with Gasteiger partial charge in [-0.3, -0.25) is 4.79 Å². The van der Waals surface area contributed by atoms with Crippen molar-refractivity contribution in [1.82, 2.24) is 5.32 Å². The van der Waals surface area contributed by atoms with Crippen LogP contribution in [0.1, 0.15) is 18.4 Å². The van der Waals surface area contributed by atoms with Gasteiger partial charge in [0.25, 0.3) is 0 Å². The van der Waals surface area contributed by atoms with Crippen LogP contribution in [0.25, 0.3) is 0 Å². The zero-order valence-corrected chi connectivity index (χ0v) is 11.0. The first-order valence-corrected chi connectivity index (χ1v) is 6.82. The van der Waals surface area contributed by atoms with Gasteiger partial charge in [0.1, 0.15) is 0 Å². The Morgan fingerprint density at radius 1 is 1.32 bits per heavy atom. The van der Waals surface area contributed by atoms with Crippen LogP contribution in [0.3, 0.4) is 0 Å². The van der Waals surface area contributed by atoms with Gasteiger partial charge in [0, 0.05) is 19.1 Å². The molecule has 2 rings (SSSR count). The minimum Gasteiger partial charge on any atom is -0.394 e. The molecular weight excluding hydrogens is 242 g/mol. The third kappa shape index (κ3) is 4.33. The molecule has 104 valence electrons. The molecule has 2 N–H and O–H groups in total. The van der Waals surface area contributed by atoms with E-state index in [4.69, 9.17) is 4.74 Å². The summed E-state index contributed by atoms with van der Waals surface area (Å²) in [4.78, 5) is 12.1. The highest BCUT2D eigenvalue weighted by molar-refractivity contribution is 5.79. The topological polar surface area (TPSA) is 58.6 Å². The summed E-state index contributed by atoms with van der Waals surface area (Å²) in [6.07, 6.45) is 2.21. The third-order valence-corrected chi connectivity index (χ3v) is 3.48. The Morgan fingerprint density at radius 2 is 2.00 bits per heavy atom. The SMILES string of the molecule is O=C(NC(CO)Cc1ccccc1)C1CCOCC1. The van der Waals surface area contributed by atoms with Crippen molar-refractivity contribution in [2.75, 3.05) is 19.8 Å². The van der Waals surface area contributed by atoms with Crippen LogP contribution >= 0.6 is 0 Å². The molecule has 0 bridgehead atoms. The Labute approximate surface area is 113 Å². The molecule has 0 spiro atoms. The van der Waals surface area contributed by atoms with Crippen LogP contribution in [-0.2, 0) is 16.0 Å². The maximum atomic E-state index is 12.1. The fourth-order valence-electron chi connectivity index (χ4n) is 2.34. The predicted molar refractivity (Wildman–Crippen MR) is 72.7 cm³/mol. The first-order valence-electron chi connectivity index (χ1n) is 6.82. The van der Waals surface area contributed by atoms with Crippen LogP contribution in [0.2, 0.25) is 0 Å². The molecule has 1 aromatic carbocycles. The quantitative estimate of drug-likeness (QED) is 0.837. The number of ether oxygens (including phenoxy) is 1. The summed E-state index contributed by atoms with van der Waals surface area (Å²) >= 11 is 0. The average molecular weight is 263 g/mol. The van der Waals surface area contributed by atoms with Crippen molar-refractivity contribution in [1.29, 1.82) is 0 Å². The van der Waals surface area contributed by atoms with Gasteiger partial charge in [0.05, 0.1) is 12.6 Å². The Bertz CT molecular complexity index is 388. The molecule has 0 aromatic heterocycles. The van der Waals surface area contributed by atoms with Gasteiger partial charge in [-0.25, -0.2) is 0 Å². The van der Waals surface area contributed by atoms with Crippen molar-refractivity contribution >= 4 is 5.91 Å². The monoisotopic (exact) mass is 263 g/mol. The molecule has 1 aliphatic rings. The van der Waals surface area contributed by atoms with Crippen LogP contribution < -0.4 is 5.32 Å². The molecule has 4 heteroatoms. The molecule has 0 saturated carbocycles. The van der Waals surface area contributed by atoms with E-state index < -0.39 is 0 Å². The first-order chi connectivity index (χ1) is 9.29. The van der Waals surface area contributed by atoms with E-state index in [1.165, 1.54) is 0 Å². The van der Waals surface area contributed by atoms with Crippen molar-refractivity contribution < 1.29 is 14.6 Å². The van der Waals surface area contributed by atoms with Crippen LogP contribution in [-0.4, -0.2) is 36.9 Å². The van der Waals surface area contributed by atoms with Crippen molar-refractivity contribution in [3.63, 3.8) is 0 Å². The van der Waals surface area contributed by atoms with E-state index in [2.05, 4.69) is 5.32 Å². The summed E-state index contributed by atoms with van der Waals surface area (Å²) in [6, 6.07) is 9.68. The fraction of sp³-hybridized carbons (Fsp3) is 0.533. The molecule has 1 amide bonds. The maximum absolute atomic E-state index is 12.1. The van der Waals surface area contributed by atoms with E-state index in [1.807, 2.05) is 30.3 Å². The number of aliphatic hydroxyl groups excluding tert-OH is 1. The standard InChI is InChI=1S/C15H21NO3/c17-11-14(10-12-4-2-1-3-5-12)16-15(18)13-6-8-19-9-7-13/h1-5,13-14,17H,6-11H2,(H,16,18). The lowest BCUT2D eigenvalue weighted by Gasteiger charge is -2.24. The van der Waals surface area contributed by atoms with Gasteiger partial charge in [0.2, 0.25) is 5.91 Å². The summed E-state index contributed by atoms with van der Waals surface area (Å²) in [7, 11) is 0. The van der Waals surface area contributed by atoms with E-state index in [1.54, 1.807) is 0 Å². The Kier molecular flexibility index (Phi) is 5.36. The lowest BCUT2D eigenvalue weighted by Crippen LogP contribution is -2.43. The molecule has 1 atom stereocenters.